The number of benzene rings is 1. The van der Waals surface area contributed by atoms with Crippen molar-refractivity contribution in [1.29, 1.82) is 0 Å². The number of thiophene rings is 1. The van der Waals surface area contributed by atoms with Crippen molar-refractivity contribution in [3.63, 3.8) is 0 Å². The van der Waals surface area contributed by atoms with Crippen molar-refractivity contribution in [2.45, 2.75) is 25.8 Å². The lowest BCUT2D eigenvalue weighted by molar-refractivity contribution is 0.597. The number of anilines is 1. The Labute approximate surface area is 127 Å². The van der Waals surface area contributed by atoms with Crippen molar-refractivity contribution < 1.29 is 0 Å². The number of hydrogen-bond acceptors (Lipinski definition) is 3. The smallest absolute Gasteiger partial charge is 0.0701 e. The third-order valence-corrected chi connectivity index (χ3v) is 4.81. The number of nitrogens with two attached hydrogens (primary N) is 1. The molecule has 0 radical (unpaired) electrons. The summed E-state index contributed by atoms with van der Waals surface area (Å²) in [5.74, 6) is 0.558. The summed E-state index contributed by atoms with van der Waals surface area (Å²) in [7, 11) is 0. The molecule has 0 saturated carbocycles. The first-order valence-electron chi connectivity index (χ1n) is 6.45. The van der Waals surface area contributed by atoms with Crippen LogP contribution in [0.25, 0.3) is 0 Å². The molecule has 1 unspecified atom stereocenters. The predicted octanol–water partition coefficient (Wildman–Crippen LogP) is 4.38. The Bertz CT molecular complexity index is 507. The number of nitrogens with one attached hydrogen (secondary N) is 1. The van der Waals surface area contributed by atoms with Gasteiger partial charge in [-0.2, -0.15) is 0 Å². The molecule has 3 N–H and O–H groups in total. The van der Waals surface area contributed by atoms with E-state index >= 15 is 0 Å². The van der Waals surface area contributed by atoms with Gasteiger partial charge in [0, 0.05) is 17.1 Å². The van der Waals surface area contributed by atoms with Crippen LogP contribution in [0.15, 0.2) is 40.2 Å². The van der Waals surface area contributed by atoms with E-state index in [9.17, 15) is 0 Å². The molecule has 1 atom stereocenters. The van der Waals surface area contributed by atoms with Crippen LogP contribution in [0.1, 0.15) is 29.7 Å². The van der Waals surface area contributed by atoms with Gasteiger partial charge in [-0.05, 0) is 64.6 Å². The minimum absolute atomic E-state index is 0.558. The van der Waals surface area contributed by atoms with E-state index in [1.807, 2.05) is 12.1 Å². The Morgan fingerprint density at radius 3 is 2.58 bits per heavy atom. The summed E-state index contributed by atoms with van der Waals surface area (Å²) >= 11 is 5.27. The second-order valence-corrected chi connectivity index (χ2v) is 7.29. The van der Waals surface area contributed by atoms with Gasteiger partial charge in [-0.25, -0.2) is 0 Å². The monoisotopic (exact) mass is 338 g/mol. The van der Waals surface area contributed by atoms with E-state index in [0.717, 1.165) is 25.2 Å². The molecule has 0 fully saturated rings. The quantitative estimate of drug-likeness (QED) is 0.606. The average Bonchev–Trinajstić information content (AvgIpc) is 2.81. The molecule has 2 aromatic rings. The number of nitrogen functional groups attached to an aromatic ring is 1. The lowest BCUT2D eigenvalue weighted by atomic mass is 9.98. The topological polar surface area (TPSA) is 38.0 Å². The molecule has 102 valence electrons. The molecule has 1 aromatic heterocycles. The number of hydrogen-bond donors (Lipinski definition) is 2. The van der Waals surface area contributed by atoms with Gasteiger partial charge < -0.3 is 11.1 Å². The van der Waals surface area contributed by atoms with Gasteiger partial charge in [-0.3, -0.25) is 0 Å². The minimum atomic E-state index is 0.558. The van der Waals surface area contributed by atoms with Crippen molar-refractivity contribution in [2.75, 3.05) is 12.3 Å². The second kappa shape index (κ2) is 7.08. The van der Waals surface area contributed by atoms with Crippen LogP contribution >= 0.6 is 27.3 Å². The zero-order valence-corrected chi connectivity index (χ0v) is 13.4. The van der Waals surface area contributed by atoms with Crippen LogP contribution in [0.3, 0.4) is 0 Å². The first-order chi connectivity index (χ1) is 9.15. The fraction of sp³-hybridized carbons (Fsp3) is 0.333. The molecule has 0 spiro atoms. The Hall–Kier alpha value is -0.840. The summed E-state index contributed by atoms with van der Waals surface area (Å²) in [6, 6.07) is 12.4. The van der Waals surface area contributed by atoms with Crippen molar-refractivity contribution in [2.24, 2.45) is 0 Å². The second-order valence-electron chi connectivity index (χ2n) is 4.74. The first-order valence-corrected chi connectivity index (χ1v) is 8.06. The SMILES string of the molecule is CC(CCNCc1ccc(Br)s1)c1ccc(N)cc1. The molecular formula is C15H19BrN2S. The Balaban J connectivity index is 1.72. The van der Waals surface area contributed by atoms with Crippen LogP contribution in [0, 0.1) is 0 Å². The molecule has 0 aliphatic heterocycles. The summed E-state index contributed by atoms with van der Waals surface area (Å²) in [5.41, 5.74) is 7.89. The molecule has 2 nitrogen and oxygen atoms in total. The zero-order chi connectivity index (χ0) is 13.7. The molecule has 0 aliphatic rings. The molecule has 0 saturated heterocycles. The molecule has 2 rings (SSSR count). The van der Waals surface area contributed by atoms with Crippen molar-refractivity contribution in [3.05, 3.63) is 50.6 Å². The van der Waals surface area contributed by atoms with Crippen molar-refractivity contribution >= 4 is 33.0 Å². The standard InChI is InChI=1S/C15H19BrN2S/c1-11(12-2-4-13(17)5-3-12)8-9-18-10-14-6-7-15(16)19-14/h2-7,11,18H,8-10,17H2,1H3. The van der Waals surface area contributed by atoms with E-state index in [2.05, 4.69) is 52.4 Å². The molecule has 0 aliphatic carbocycles. The fourth-order valence-corrected chi connectivity index (χ4v) is 3.42. The van der Waals surface area contributed by atoms with Gasteiger partial charge in [0.2, 0.25) is 0 Å². The molecule has 1 heterocycles. The molecule has 0 bridgehead atoms. The maximum atomic E-state index is 5.70. The Kier molecular flexibility index (Phi) is 5.43. The first kappa shape index (κ1) is 14.6. The van der Waals surface area contributed by atoms with Gasteiger partial charge in [0.15, 0.2) is 0 Å². The summed E-state index contributed by atoms with van der Waals surface area (Å²) in [4.78, 5) is 1.37. The molecular weight excluding hydrogens is 320 g/mol. The van der Waals surface area contributed by atoms with Crippen molar-refractivity contribution in [1.82, 2.24) is 5.32 Å². The minimum Gasteiger partial charge on any atom is -0.399 e. The van der Waals surface area contributed by atoms with E-state index in [1.165, 1.54) is 14.2 Å². The maximum Gasteiger partial charge on any atom is 0.0701 e. The fourth-order valence-electron chi connectivity index (χ4n) is 1.97. The summed E-state index contributed by atoms with van der Waals surface area (Å²) in [5, 5.41) is 3.49. The molecule has 19 heavy (non-hydrogen) atoms. The molecule has 0 amide bonds. The zero-order valence-electron chi connectivity index (χ0n) is 11.0. The predicted molar refractivity (Wildman–Crippen MR) is 87.6 cm³/mol. The summed E-state index contributed by atoms with van der Waals surface area (Å²) < 4.78 is 1.19. The Morgan fingerprint density at radius 2 is 1.95 bits per heavy atom. The molecule has 1 aromatic carbocycles. The van der Waals surface area contributed by atoms with Gasteiger partial charge in [0.05, 0.1) is 3.79 Å². The van der Waals surface area contributed by atoms with Gasteiger partial charge in [0.1, 0.15) is 0 Å². The third-order valence-electron chi connectivity index (χ3n) is 3.19. The Morgan fingerprint density at radius 1 is 1.21 bits per heavy atom. The van der Waals surface area contributed by atoms with Gasteiger partial charge in [0.25, 0.3) is 0 Å². The van der Waals surface area contributed by atoms with Crippen LogP contribution in [0.2, 0.25) is 0 Å². The number of halogens is 1. The molecule has 4 heteroatoms. The highest BCUT2D eigenvalue weighted by Gasteiger charge is 2.05. The summed E-state index contributed by atoms with van der Waals surface area (Å²) in [6.45, 7) is 4.24. The van der Waals surface area contributed by atoms with E-state index in [4.69, 9.17) is 5.73 Å². The van der Waals surface area contributed by atoms with E-state index in [1.54, 1.807) is 11.3 Å². The van der Waals surface area contributed by atoms with Crippen LogP contribution in [-0.4, -0.2) is 6.54 Å². The van der Waals surface area contributed by atoms with Crippen LogP contribution in [0.5, 0.6) is 0 Å². The largest absolute Gasteiger partial charge is 0.399 e. The van der Waals surface area contributed by atoms with E-state index in [0.29, 0.717) is 5.92 Å². The van der Waals surface area contributed by atoms with E-state index in [-0.39, 0.29) is 0 Å². The maximum absolute atomic E-state index is 5.70. The highest BCUT2D eigenvalue weighted by Crippen LogP contribution is 2.22. The number of rotatable bonds is 6. The summed E-state index contributed by atoms with van der Waals surface area (Å²) in [6.07, 6.45) is 1.14. The lowest BCUT2D eigenvalue weighted by Crippen LogP contribution is -2.15. The van der Waals surface area contributed by atoms with Crippen LogP contribution in [0.4, 0.5) is 5.69 Å². The van der Waals surface area contributed by atoms with Crippen LogP contribution < -0.4 is 11.1 Å². The van der Waals surface area contributed by atoms with Crippen molar-refractivity contribution in [3.8, 4) is 0 Å². The third kappa shape index (κ3) is 4.64. The van der Waals surface area contributed by atoms with Gasteiger partial charge >= 0.3 is 0 Å². The van der Waals surface area contributed by atoms with Gasteiger partial charge in [-0.1, -0.05) is 19.1 Å². The highest BCUT2D eigenvalue weighted by molar-refractivity contribution is 9.11. The van der Waals surface area contributed by atoms with Crippen LogP contribution in [-0.2, 0) is 6.54 Å². The lowest BCUT2D eigenvalue weighted by Gasteiger charge is -2.12. The highest BCUT2D eigenvalue weighted by atomic mass is 79.9. The normalized spacial score (nSPS) is 12.5. The average molecular weight is 339 g/mol. The van der Waals surface area contributed by atoms with Gasteiger partial charge in [-0.15, -0.1) is 11.3 Å². The van der Waals surface area contributed by atoms with E-state index < -0.39 is 0 Å².